The molecule has 11 nitrogen and oxygen atoms in total. The molecular formula is C23H35N3O8P3S+. The van der Waals surface area contributed by atoms with Gasteiger partial charge in [0.05, 0.1) is 19.4 Å². The highest BCUT2D eigenvalue weighted by Crippen LogP contribution is 2.41. The van der Waals surface area contributed by atoms with Gasteiger partial charge in [-0.15, -0.1) is 9.88 Å². The van der Waals surface area contributed by atoms with E-state index >= 15 is 0 Å². The third-order valence-electron chi connectivity index (χ3n) is 4.94. The molecule has 0 aliphatic heterocycles. The number of benzene rings is 2. The number of hydrogen-bond acceptors (Lipinski definition) is 7. The Balaban J connectivity index is 1.90. The molecule has 2 aromatic carbocycles. The highest BCUT2D eigenvalue weighted by molar-refractivity contribution is 8.04. The first-order chi connectivity index (χ1) is 17.6. The van der Waals surface area contributed by atoms with E-state index in [1.54, 1.807) is 42.3 Å². The molecule has 2 rings (SSSR count). The van der Waals surface area contributed by atoms with Gasteiger partial charge in [-0.1, -0.05) is 12.1 Å². The monoisotopic (exact) mass is 606 g/mol. The normalized spacial score (nSPS) is 13.7. The number of rotatable bonds is 15. The van der Waals surface area contributed by atoms with Crippen LogP contribution in [0.4, 0.5) is 0 Å². The second-order valence-corrected chi connectivity index (χ2v) is 15.1. The molecule has 0 amide bonds. The zero-order valence-electron chi connectivity index (χ0n) is 21.7. The average molecular weight is 607 g/mol. The Morgan fingerprint density at radius 2 is 1.42 bits per heavy atom. The molecule has 0 saturated carbocycles. The van der Waals surface area contributed by atoms with Gasteiger partial charge in [0, 0.05) is 13.5 Å². The largest absolute Gasteiger partial charge is 0.491 e. The lowest BCUT2D eigenvalue weighted by molar-refractivity contribution is 0.242. The fourth-order valence-electron chi connectivity index (χ4n) is 3.31. The third-order valence-corrected chi connectivity index (χ3v) is 9.48. The molecule has 4 N–H and O–H groups in total. The fraction of sp³-hybridized carbons (Fsp3) is 0.435. The fourth-order valence-corrected chi connectivity index (χ4v) is 6.09. The lowest BCUT2D eigenvalue weighted by Crippen LogP contribution is -2.28. The van der Waals surface area contributed by atoms with Gasteiger partial charge < -0.3 is 29.0 Å². The Kier molecular flexibility index (Phi) is 12.5. The van der Waals surface area contributed by atoms with Crippen molar-refractivity contribution in [3.05, 3.63) is 59.7 Å². The van der Waals surface area contributed by atoms with Crippen molar-refractivity contribution < 1.29 is 38.2 Å². The van der Waals surface area contributed by atoms with Gasteiger partial charge >= 0.3 is 22.0 Å². The molecule has 0 saturated heterocycles. The standard InChI is InChI=1S/C23H34N3O8P3S/c1-18(2)33-22-11-7-21(8-12-22)15-24-25(4)35(38)19(3)34-23-9-5-20(6-10-23)13-14-26(16-36(27,28)29)17-37(30,31)32/h5-12,15,18-19H,13-14,16-17H2,1-4H3,(H3-,27,28,29,30,31,32)/p+1. The minimum absolute atomic E-state index is 0.0700. The smallest absolute Gasteiger partial charge is 0.355 e. The minimum Gasteiger partial charge on any atom is -0.491 e. The van der Waals surface area contributed by atoms with Crippen LogP contribution in [0.1, 0.15) is 31.9 Å². The van der Waals surface area contributed by atoms with Crippen LogP contribution in [0.15, 0.2) is 53.6 Å². The molecule has 0 fully saturated rings. The SMILES string of the molecule is CC(C)Oc1ccc(C=NN(C)[P+](=S)C(C)Oc2ccc(CCN(CP(=O)(O)O)CP(=O)(O)O)cc2)cc1. The first kappa shape index (κ1) is 32.5. The Morgan fingerprint density at radius 3 is 1.92 bits per heavy atom. The summed E-state index contributed by atoms with van der Waals surface area (Å²) >= 11 is 5.65. The maximum Gasteiger partial charge on any atom is 0.355 e. The van der Waals surface area contributed by atoms with Crippen LogP contribution in [-0.2, 0) is 27.4 Å². The van der Waals surface area contributed by atoms with Crippen molar-refractivity contribution in [1.82, 2.24) is 9.68 Å². The van der Waals surface area contributed by atoms with Crippen LogP contribution in [0.2, 0.25) is 0 Å². The number of ether oxygens (including phenoxy) is 2. The molecule has 0 spiro atoms. The van der Waals surface area contributed by atoms with Gasteiger partial charge in [0.2, 0.25) is 0 Å². The lowest BCUT2D eigenvalue weighted by Gasteiger charge is -2.23. The topological polar surface area (TPSA) is 152 Å². The van der Waals surface area contributed by atoms with Gasteiger partial charge in [-0.2, -0.15) is 0 Å². The summed E-state index contributed by atoms with van der Waals surface area (Å²) in [7, 11) is -7.13. The average Bonchev–Trinajstić information content (AvgIpc) is 2.80. The van der Waals surface area contributed by atoms with Gasteiger partial charge in [0.15, 0.2) is 11.8 Å². The predicted molar refractivity (Wildman–Crippen MR) is 153 cm³/mol. The molecule has 2 atom stereocenters. The Hall–Kier alpha value is -1.71. The van der Waals surface area contributed by atoms with Crippen LogP contribution in [-0.4, -0.2) is 73.6 Å². The molecule has 0 aliphatic carbocycles. The van der Waals surface area contributed by atoms with Crippen LogP contribution < -0.4 is 9.47 Å². The number of hydrazone groups is 1. The lowest BCUT2D eigenvalue weighted by atomic mass is 10.1. The summed E-state index contributed by atoms with van der Waals surface area (Å²) in [5, 5.41) is 4.45. The van der Waals surface area contributed by atoms with Crippen LogP contribution in [0.3, 0.4) is 0 Å². The van der Waals surface area contributed by atoms with Crippen molar-refractivity contribution in [3.63, 3.8) is 0 Å². The van der Waals surface area contributed by atoms with Crippen molar-refractivity contribution in [2.75, 3.05) is 26.2 Å². The maximum absolute atomic E-state index is 11.3. The second kappa shape index (κ2) is 14.6. The van der Waals surface area contributed by atoms with E-state index in [0.29, 0.717) is 12.2 Å². The highest BCUT2D eigenvalue weighted by atomic mass is 32.4. The van der Waals surface area contributed by atoms with E-state index in [4.69, 9.17) is 21.3 Å². The van der Waals surface area contributed by atoms with Crippen molar-refractivity contribution in [1.29, 1.82) is 0 Å². The third kappa shape index (κ3) is 12.9. The van der Waals surface area contributed by atoms with E-state index in [2.05, 4.69) is 5.10 Å². The van der Waals surface area contributed by atoms with E-state index in [-0.39, 0.29) is 18.5 Å². The highest BCUT2D eigenvalue weighted by Gasteiger charge is 2.28. The summed E-state index contributed by atoms with van der Waals surface area (Å²) in [6.45, 7) is 4.71. The van der Waals surface area contributed by atoms with Crippen molar-refractivity contribution >= 4 is 40.1 Å². The molecule has 2 unspecified atom stereocenters. The summed E-state index contributed by atoms with van der Waals surface area (Å²) in [5.74, 6) is 1.08. The molecule has 0 aliphatic rings. The van der Waals surface area contributed by atoms with Crippen LogP contribution >= 0.6 is 22.0 Å². The van der Waals surface area contributed by atoms with Crippen LogP contribution in [0.5, 0.6) is 11.5 Å². The first-order valence-corrected chi connectivity index (χ1v) is 17.7. The molecule has 0 bridgehead atoms. The molecule has 0 radical (unpaired) electrons. The molecule has 0 heterocycles. The maximum atomic E-state index is 11.3. The van der Waals surface area contributed by atoms with Gasteiger partial charge in [-0.05, 0) is 67.8 Å². The first-order valence-electron chi connectivity index (χ1n) is 11.7. The van der Waals surface area contributed by atoms with Gasteiger partial charge in [-0.25, -0.2) is 0 Å². The summed E-state index contributed by atoms with van der Waals surface area (Å²) in [6.07, 6.45) is 0.712. The minimum atomic E-state index is -4.46. The van der Waals surface area contributed by atoms with Crippen LogP contribution in [0, 0.1) is 0 Å². The quantitative estimate of drug-likeness (QED) is 0.132. The predicted octanol–water partition coefficient (Wildman–Crippen LogP) is 4.14. The van der Waals surface area contributed by atoms with Crippen LogP contribution in [0.25, 0.3) is 0 Å². The van der Waals surface area contributed by atoms with E-state index in [1.807, 2.05) is 45.0 Å². The zero-order chi connectivity index (χ0) is 28.5. The molecule has 15 heteroatoms. The summed E-state index contributed by atoms with van der Waals surface area (Å²) in [6, 6.07) is 14.7. The van der Waals surface area contributed by atoms with Crippen molar-refractivity contribution in [2.24, 2.45) is 5.10 Å². The van der Waals surface area contributed by atoms with Crippen molar-refractivity contribution in [3.8, 4) is 11.5 Å². The van der Waals surface area contributed by atoms with E-state index in [0.717, 1.165) is 21.8 Å². The van der Waals surface area contributed by atoms with E-state index in [1.165, 1.54) is 0 Å². The summed E-state index contributed by atoms with van der Waals surface area (Å²) in [4.78, 5) is 37.8. The van der Waals surface area contributed by atoms with E-state index in [9.17, 15) is 28.7 Å². The molecule has 210 valence electrons. The Bertz CT molecular complexity index is 1150. The Labute approximate surface area is 229 Å². The van der Waals surface area contributed by atoms with E-state index < -0.39 is 34.6 Å². The van der Waals surface area contributed by atoms with Crippen molar-refractivity contribution in [2.45, 2.75) is 39.1 Å². The number of nitrogens with zero attached hydrogens (tertiary/aromatic N) is 3. The molecule has 0 aromatic heterocycles. The number of hydrogen-bond donors (Lipinski definition) is 4. The molecule has 38 heavy (non-hydrogen) atoms. The van der Waals surface area contributed by atoms with Gasteiger partial charge in [0.25, 0.3) is 5.85 Å². The zero-order valence-corrected chi connectivity index (χ0v) is 25.2. The Morgan fingerprint density at radius 1 is 0.921 bits per heavy atom. The molecular weight excluding hydrogens is 571 g/mol. The molecule has 2 aromatic rings. The second-order valence-electron chi connectivity index (χ2n) is 8.89. The van der Waals surface area contributed by atoms with Gasteiger partial charge in [0.1, 0.15) is 24.1 Å². The van der Waals surface area contributed by atoms with Gasteiger partial charge in [-0.3, -0.25) is 14.0 Å². The summed E-state index contributed by atoms with van der Waals surface area (Å²) < 4.78 is 36.0. The summed E-state index contributed by atoms with van der Waals surface area (Å²) in [5.41, 5.74) is 1.73.